The fourth-order valence-corrected chi connectivity index (χ4v) is 7.07. The molecule has 0 fully saturated rings. The molecule has 0 aliphatic heterocycles. The van der Waals surface area contributed by atoms with Gasteiger partial charge in [-0.15, -0.1) is 0 Å². The van der Waals surface area contributed by atoms with Crippen LogP contribution in [0, 0.1) is 11.8 Å². The van der Waals surface area contributed by atoms with E-state index in [2.05, 4.69) is 104 Å². The summed E-state index contributed by atoms with van der Waals surface area (Å²) in [6.07, 6.45) is 1.84. The number of hydrogen-bond donors (Lipinski definition) is 0. The van der Waals surface area contributed by atoms with E-state index in [1.807, 2.05) is 19.2 Å². The molecule has 0 amide bonds. The third-order valence-electron chi connectivity index (χ3n) is 8.47. The molecule has 0 saturated carbocycles. The number of aliphatic imine (C=N–C) groups is 1. The lowest BCUT2D eigenvalue weighted by atomic mass is 9.79. The van der Waals surface area contributed by atoms with Gasteiger partial charge < -0.3 is 8.82 Å². The molecule has 0 saturated heterocycles. The van der Waals surface area contributed by atoms with Crippen LogP contribution in [0.25, 0.3) is 60.0 Å². The van der Waals surface area contributed by atoms with Crippen molar-refractivity contribution >= 4 is 65.7 Å². The fraction of sp³-hybridized carbons (Fsp3) is 0.229. The van der Waals surface area contributed by atoms with Gasteiger partial charge in [-0.2, -0.15) is 0 Å². The third-order valence-corrected chi connectivity index (χ3v) is 8.47. The first-order valence-electron chi connectivity index (χ1n) is 13.6. The largest absolute Gasteiger partial charge is 0.455 e. The Morgan fingerprint density at radius 3 is 2.29 bits per heavy atom. The van der Waals surface area contributed by atoms with Gasteiger partial charge in [-0.3, -0.25) is 4.99 Å². The van der Waals surface area contributed by atoms with Crippen LogP contribution in [-0.4, -0.2) is 17.2 Å². The summed E-state index contributed by atoms with van der Waals surface area (Å²) >= 11 is 0. The lowest BCUT2D eigenvalue weighted by molar-refractivity contribution is 0.388. The first-order valence-corrected chi connectivity index (χ1v) is 13.6. The van der Waals surface area contributed by atoms with E-state index >= 15 is 0 Å². The number of fused-ring (bicyclic) bond motifs is 10. The Balaban J connectivity index is 1.71. The highest BCUT2D eigenvalue weighted by molar-refractivity contribution is 6.30. The van der Waals surface area contributed by atoms with Crippen LogP contribution in [0.15, 0.2) is 88.8 Å². The van der Waals surface area contributed by atoms with Crippen molar-refractivity contribution in [2.75, 3.05) is 7.05 Å². The predicted molar refractivity (Wildman–Crippen MR) is 163 cm³/mol. The Hall–Kier alpha value is -4.11. The molecule has 7 rings (SSSR count). The average Bonchev–Trinajstić information content (AvgIpc) is 3.54. The van der Waals surface area contributed by atoms with E-state index in [1.165, 1.54) is 54.4 Å². The Kier molecular flexibility index (Phi) is 4.97. The minimum absolute atomic E-state index is 0.456. The molecule has 188 valence electrons. The van der Waals surface area contributed by atoms with Gasteiger partial charge in [0.1, 0.15) is 11.2 Å². The molecule has 4 aromatic carbocycles. The van der Waals surface area contributed by atoms with Crippen LogP contribution in [0.3, 0.4) is 0 Å². The van der Waals surface area contributed by atoms with E-state index in [1.54, 1.807) is 0 Å². The summed E-state index contributed by atoms with van der Waals surface area (Å²) < 4.78 is 9.01. The van der Waals surface area contributed by atoms with Crippen molar-refractivity contribution in [3.63, 3.8) is 0 Å². The van der Waals surface area contributed by atoms with Crippen LogP contribution in [0.5, 0.6) is 0 Å². The van der Waals surface area contributed by atoms with Crippen molar-refractivity contribution in [2.45, 2.75) is 33.6 Å². The lowest BCUT2D eigenvalue weighted by Crippen LogP contribution is -2.13. The van der Waals surface area contributed by atoms with Gasteiger partial charge in [0.2, 0.25) is 0 Å². The number of allylic oxidation sites excluding steroid dienone is 1. The summed E-state index contributed by atoms with van der Waals surface area (Å²) in [7, 11) is 1.83. The molecule has 3 aromatic heterocycles. The topological polar surface area (TPSA) is 29.9 Å². The molecule has 0 aliphatic rings. The summed E-state index contributed by atoms with van der Waals surface area (Å²) in [5.74, 6) is 1.52. The van der Waals surface area contributed by atoms with Gasteiger partial charge in [0.25, 0.3) is 0 Å². The van der Waals surface area contributed by atoms with E-state index in [9.17, 15) is 0 Å². The maximum absolute atomic E-state index is 6.57. The van der Waals surface area contributed by atoms with Crippen LogP contribution < -0.4 is 0 Å². The fourth-order valence-electron chi connectivity index (χ4n) is 7.07. The Bertz CT molecular complexity index is 2060. The molecule has 0 spiro atoms. The summed E-state index contributed by atoms with van der Waals surface area (Å²) in [6.45, 7) is 13.4. The highest BCUT2D eigenvalue weighted by Crippen LogP contribution is 2.46. The SMILES string of the molecule is C=CC(=NC)c1ccc2c(c1)c1cc(C(C(C)C)C(C)C)cc3c4c5oc6ccccc6c5ccc4n2c13. The highest BCUT2D eigenvalue weighted by Gasteiger charge is 2.26. The number of furan rings is 1. The minimum Gasteiger partial charge on any atom is -0.455 e. The van der Waals surface area contributed by atoms with Gasteiger partial charge in [-0.1, -0.05) is 58.5 Å². The van der Waals surface area contributed by atoms with Crippen molar-refractivity contribution < 1.29 is 4.42 Å². The number of hydrogen-bond acceptors (Lipinski definition) is 2. The smallest absolute Gasteiger partial charge is 0.145 e. The summed E-state index contributed by atoms with van der Waals surface area (Å²) in [5.41, 5.74) is 8.99. The van der Waals surface area contributed by atoms with Gasteiger partial charge in [-0.05, 0) is 71.9 Å². The van der Waals surface area contributed by atoms with Gasteiger partial charge in [0.05, 0.1) is 27.6 Å². The molecule has 38 heavy (non-hydrogen) atoms. The standard InChI is InChI=1S/C35H32N2O/c1-7-28(36-6)21-12-14-29-25(16-21)26-17-22(32(19(2)3)20(4)5)18-27-33-30(37(29)34(26)27)15-13-24-23-10-8-9-11-31(23)38-35(24)33/h7-20,32H,1H2,2-6H3. The molecule has 3 heterocycles. The molecular formula is C35H32N2O. The first kappa shape index (κ1) is 23.0. The molecular weight excluding hydrogens is 464 g/mol. The molecule has 0 bridgehead atoms. The molecule has 3 heteroatoms. The van der Waals surface area contributed by atoms with E-state index in [-0.39, 0.29) is 0 Å². The number of benzene rings is 4. The second-order valence-electron chi connectivity index (χ2n) is 11.3. The van der Waals surface area contributed by atoms with E-state index in [0.29, 0.717) is 17.8 Å². The Morgan fingerprint density at radius 2 is 1.55 bits per heavy atom. The number of nitrogens with zero attached hydrogens (tertiary/aromatic N) is 2. The van der Waals surface area contributed by atoms with Crippen molar-refractivity contribution in [3.05, 3.63) is 90.5 Å². The summed E-state index contributed by atoms with van der Waals surface area (Å²) in [6, 6.07) is 24.5. The number of aromatic nitrogens is 1. The Labute approximate surface area is 222 Å². The molecule has 0 unspecified atom stereocenters. The second-order valence-corrected chi connectivity index (χ2v) is 11.3. The maximum Gasteiger partial charge on any atom is 0.145 e. The van der Waals surface area contributed by atoms with Crippen molar-refractivity contribution in [1.82, 2.24) is 4.40 Å². The molecule has 0 N–H and O–H groups in total. The molecule has 3 nitrogen and oxygen atoms in total. The van der Waals surface area contributed by atoms with Crippen LogP contribution in [0.1, 0.15) is 44.7 Å². The summed E-state index contributed by atoms with van der Waals surface area (Å²) in [4.78, 5) is 4.46. The van der Waals surface area contributed by atoms with Crippen molar-refractivity contribution in [2.24, 2.45) is 16.8 Å². The molecule has 0 radical (unpaired) electrons. The average molecular weight is 497 g/mol. The van der Waals surface area contributed by atoms with Gasteiger partial charge in [0, 0.05) is 39.5 Å². The monoisotopic (exact) mass is 496 g/mol. The Morgan fingerprint density at radius 1 is 0.816 bits per heavy atom. The summed E-state index contributed by atoms with van der Waals surface area (Å²) in [5, 5.41) is 7.37. The number of para-hydroxylation sites is 1. The van der Waals surface area contributed by atoms with Crippen molar-refractivity contribution in [1.29, 1.82) is 0 Å². The van der Waals surface area contributed by atoms with Crippen LogP contribution in [0.4, 0.5) is 0 Å². The quantitative estimate of drug-likeness (QED) is 0.218. The predicted octanol–water partition coefficient (Wildman–Crippen LogP) is 9.74. The van der Waals surface area contributed by atoms with Crippen LogP contribution in [-0.2, 0) is 0 Å². The van der Waals surface area contributed by atoms with E-state index in [0.717, 1.165) is 22.4 Å². The minimum atomic E-state index is 0.456. The molecule has 0 atom stereocenters. The van der Waals surface area contributed by atoms with Crippen LogP contribution in [0.2, 0.25) is 0 Å². The second kappa shape index (κ2) is 8.19. The molecule has 7 aromatic rings. The maximum atomic E-state index is 6.57. The zero-order valence-corrected chi connectivity index (χ0v) is 22.7. The lowest BCUT2D eigenvalue weighted by Gasteiger charge is -2.25. The molecule has 0 aliphatic carbocycles. The van der Waals surface area contributed by atoms with Crippen molar-refractivity contribution in [3.8, 4) is 0 Å². The third kappa shape index (κ3) is 2.99. The highest BCUT2D eigenvalue weighted by atomic mass is 16.3. The van der Waals surface area contributed by atoms with E-state index in [4.69, 9.17) is 4.42 Å². The van der Waals surface area contributed by atoms with Gasteiger partial charge >= 0.3 is 0 Å². The zero-order valence-electron chi connectivity index (χ0n) is 22.7. The zero-order chi connectivity index (χ0) is 26.3. The first-order chi connectivity index (χ1) is 18.4. The normalized spacial score (nSPS) is 13.3. The van der Waals surface area contributed by atoms with Gasteiger partial charge in [-0.25, -0.2) is 0 Å². The van der Waals surface area contributed by atoms with Gasteiger partial charge in [0.15, 0.2) is 0 Å². The number of rotatable bonds is 5. The van der Waals surface area contributed by atoms with Crippen LogP contribution >= 0.6 is 0 Å². The van der Waals surface area contributed by atoms with E-state index < -0.39 is 0 Å².